The first-order valence-electron chi connectivity index (χ1n) is 13.1. The Morgan fingerprint density at radius 3 is 2.05 bits per heavy atom. The number of nitrogens with zero attached hydrogens (tertiary/aromatic N) is 2. The van der Waals surface area contributed by atoms with Crippen molar-refractivity contribution < 1.29 is 4.74 Å². The van der Waals surface area contributed by atoms with Gasteiger partial charge in [0.2, 0.25) is 0 Å². The number of ether oxygens (including phenoxy) is 1. The second kappa shape index (κ2) is 8.64. The normalized spacial score (nSPS) is 11.8. The second-order valence-corrected chi connectivity index (χ2v) is 9.83. The van der Waals surface area contributed by atoms with Crippen LogP contribution in [0.5, 0.6) is 11.5 Å². The molecule has 1 aliphatic heterocycles. The number of aromatic nitrogens is 2. The molecule has 1 aromatic heterocycles. The summed E-state index contributed by atoms with van der Waals surface area (Å²) < 4.78 is 6.34. The molecule has 1 aliphatic rings. The van der Waals surface area contributed by atoms with Crippen LogP contribution in [0.4, 0.5) is 0 Å². The molecule has 39 heavy (non-hydrogen) atoms. The second-order valence-electron chi connectivity index (χ2n) is 9.83. The molecule has 8 rings (SSSR count). The SMILES string of the molecule is c1ccc(-c2nc(-c3ccc4c(c3)-c3cccc5cccc(c35)O4)cc(-c3cccc4ccccc34)n2)cc1. The zero-order valence-corrected chi connectivity index (χ0v) is 21.0. The van der Waals surface area contributed by atoms with Crippen LogP contribution in [-0.4, -0.2) is 9.97 Å². The van der Waals surface area contributed by atoms with Gasteiger partial charge in [-0.1, -0.05) is 103 Å². The third kappa shape index (κ3) is 3.59. The summed E-state index contributed by atoms with van der Waals surface area (Å²) in [6.45, 7) is 0. The van der Waals surface area contributed by atoms with Crippen LogP contribution in [0, 0.1) is 0 Å². The number of hydrogen-bond donors (Lipinski definition) is 0. The predicted octanol–water partition coefficient (Wildman–Crippen LogP) is 9.56. The minimum atomic E-state index is 0.706. The van der Waals surface area contributed by atoms with Crippen molar-refractivity contribution in [3.05, 3.63) is 133 Å². The van der Waals surface area contributed by atoms with Gasteiger partial charge in [-0.2, -0.15) is 0 Å². The first-order chi connectivity index (χ1) is 19.3. The largest absolute Gasteiger partial charge is 0.456 e. The molecule has 0 bridgehead atoms. The van der Waals surface area contributed by atoms with Gasteiger partial charge < -0.3 is 4.74 Å². The standard InChI is InChI=1S/C36H22N2O/c1-2-10-25(11-3-1)36-37-31(22-32(38-36)28-16-6-12-23-9-4-5-15-27(23)28)26-19-20-33-30(21-26)29-17-7-13-24-14-8-18-34(39-33)35(24)29/h1-22H. The van der Waals surface area contributed by atoms with Crippen LogP contribution in [0.15, 0.2) is 133 Å². The van der Waals surface area contributed by atoms with Crippen molar-refractivity contribution in [2.24, 2.45) is 0 Å². The number of hydrogen-bond acceptors (Lipinski definition) is 3. The molecule has 0 amide bonds. The molecular formula is C36H22N2O. The molecule has 6 aromatic carbocycles. The fourth-order valence-corrected chi connectivity index (χ4v) is 5.62. The topological polar surface area (TPSA) is 35.0 Å². The lowest BCUT2D eigenvalue weighted by Gasteiger charge is -2.22. The van der Waals surface area contributed by atoms with E-state index in [0.717, 1.165) is 50.5 Å². The van der Waals surface area contributed by atoms with E-state index in [9.17, 15) is 0 Å². The average molecular weight is 499 g/mol. The van der Waals surface area contributed by atoms with Crippen molar-refractivity contribution in [3.63, 3.8) is 0 Å². The minimum absolute atomic E-state index is 0.706. The molecule has 0 radical (unpaired) electrons. The highest BCUT2D eigenvalue weighted by Crippen LogP contribution is 2.47. The Morgan fingerprint density at radius 2 is 1.15 bits per heavy atom. The number of benzene rings is 6. The van der Waals surface area contributed by atoms with Gasteiger partial charge in [0.15, 0.2) is 5.82 Å². The maximum Gasteiger partial charge on any atom is 0.160 e. The molecule has 7 aromatic rings. The van der Waals surface area contributed by atoms with E-state index >= 15 is 0 Å². The molecule has 0 aliphatic carbocycles. The van der Waals surface area contributed by atoms with Crippen molar-refractivity contribution in [1.29, 1.82) is 0 Å². The zero-order valence-electron chi connectivity index (χ0n) is 21.0. The molecule has 0 unspecified atom stereocenters. The third-order valence-electron chi connectivity index (χ3n) is 7.48. The predicted molar refractivity (Wildman–Crippen MR) is 159 cm³/mol. The number of rotatable bonds is 3. The smallest absolute Gasteiger partial charge is 0.160 e. The lowest BCUT2D eigenvalue weighted by molar-refractivity contribution is 0.487. The van der Waals surface area contributed by atoms with Crippen LogP contribution in [-0.2, 0) is 0 Å². The molecule has 0 spiro atoms. The van der Waals surface area contributed by atoms with Crippen LogP contribution >= 0.6 is 0 Å². The summed E-state index contributed by atoms with van der Waals surface area (Å²) >= 11 is 0. The van der Waals surface area contributed by atoms with Crippen molar-refractivity contribution in [2.45, 2.75) is 0 Å². The Bertz CT molecular complexity index is 2040. The quantitative estimate of drug-likeness (QED) is 0.243. The fraction of sp³-hybridized carbons (Fsp3) is 0. The van der Waals surface area contributed by atoms with Gasteiger partial charge >= 0.3 is 0 Å². The first kappa shape index (κ1) is 21.8. The van der Waals surface area contributed by atoms with Crippen LogP contribution in [0.2, 0.25) is 0 Å². The molecule has 0 saturated heterocycles. The molecule has 2 heterocycles. The molecule has 0 N–H and O–H groups in total. The fourth-order valence-electron chi connectivity index (χ4n) is 5.62. The van der Waals surface area contributed by atoms with E-state index in [1.165, 1.54) is 21.7 Å². The zero-order chi connectivity index (χ0) is 25.8. The van der Waals surface area contributed by atoms with Gasteiger partial charge in [0.25, 0.3) is 0 Å². The summed E-state index contributed by atoms with van der Waals surface area (Å²) in [5.74, 6) is 2.46. The first-order valence-corrected chi connectivity index (χ1v) is 13.1. The Kier molecular flexibility index (Phi) is 4.82. The van der Waals surface area contributed by atoms with E-state index in [2.05, 4.69) is 103 Å². The lowest BCUT2D eigenvalue weighted by Crippen LogP contribution is -1.99. The van der Waals surface area contributed by atoms with Crippen molar-refractivity contribution in [3.8, 4) is 56.5 Å². The van der Waals surface area contributed by atoms with Gasteiger partial charge in [0.05, 0.1) is 11.4 Å². The molecule has 182 valence electrons. The van der Waals surface area contributed by atoms with E-state index in [0.29, 0.717) is 5.82 Å². The van der Waals surface area contributed by atoms with E-state index in [1.54, 1.807) is 0 Å². The van der Waals surface area contributed by atoms with E-state index in [1.807, 2.05) is 30.3 Å². The Labute approximate surface area is 226 Å². The van der Waals surface area contributed by atoms with Crippen LogP contribution in [0.3, 0.4) is 0 Å². The summed E-state index contributed by atoms with van der Waals surface area (Å²) in [5.41, 5.74) is 7.13. The van der Waals surface area contributed by atoms with Crippen molar-refractivity contribution >= 4 is 21.5 Å². The molecule has 0 atom stereocenters. The molecule has 0 saturated carbocycles. The summed E-state index contributed by atoms with van der Waals surface area (Å²) in [6.07, 6.45) is 0. The van der Waals surface area contributed by atoms with Gasteiger partial charge in [-0.05, 0) is 52.1 Å². The molecule has 0 fully saturated rings. The molecule has 3 heteroatoms. The molecular weight excluding hydrogens is 476 g/mol. The highest BCUT2D eigenvalue weighted by Gasteiger charge is 2.21. The van der Waals surface area contributed by atoms with Crippen LogP contribution < -0.4 is 4.74 Å². The highest BCUT2D eigenvalue weighted by molar-refractivity contribution is 6.04. The minimum Gasteiger partial charge on any atom is -0.456 e. The summed E-state index contributed by atoms with van der Waals surface area (Å²) in [4.78, 5) is 10.1. The monoisotopic (exact) mass is 498 g/mol. The maximum absolute atomic E-state index is 6.34. The molecule has 3 nitrogen and oxygen atoms in total. The van der Waals surface area contributed by atoms with E-state index < -0.39 is 0 Å². The van der Waals surface area contributed by atoms with Crippen LogP contribution in [0.25, 0.3) is 66.6 Å². The van der Waals surface area contributed by atoms with Crippen LogP contribution in [0.1, 0.15) is 0 Å². The Balaban J connectivity index is 1.35. The average Bonchev–Trinajstić information content (AvgIpc) is 3.01. The van der Waals surface area contributed by atoms with Gasteiger partial charge in [0.1, 0.15) is 11.5 Å². The van der Waals surface area contributed by atoms with Gasteiger partial charge in [-0.3, -0.25) is 0 Å². The lowest BCUT2D eigenvalue weighted by atomic mass is 9.93. The van der Waals surface area contributed by atoms with Gasteiger partial charge in [-0.15, -0.1) is 0 Å². The van der Waals surface area contributed by atoms with Gasteiger partial charge in [0, 0.05) is 27.6 Å². The summed E-state index contributed by atoms with van der Waals surface area (Å²) in [6, 6.07) is 46.1. The maximum atomic E-state index is 6.34. The van der Waals surface area contributed by atoms with E-state index in [4.69, 9.17) is 14.7 Å². The Morgan fingerprint density at radius 1 is 0.436 bits per heavy atom. The number of fused-ring (bicyclic) bond motifs is 3. The third-order valence-corrected chi connectivity index (χ3v) is 7.48. The van der Waals surface area contributed by atoms with Crippen molar-refractivity contribution in [2.75, 3.05) is 0 Å². The van der Waals surface area contributed by atoms with Crippen molar-refractivity contribution in [1.82, 2.24) is 9.97 Å². The summed E-state index contributed by atoms with van der Waals surface area (Å²) in [5, 5.41) is 4.68. The summed E-state index contributed by atoms with van der Waals surface area (Å²) in [7, 11) is 0. The van der Waals surface area contributed by atoms with E-state index in [-0.39, 0.29) is 0 Å². The van der Waals surface area contributed by atoms with Gasteiger partial charge in [-0.25, -0.2) is 9.97 Å². The Hall–Kier alpha value is -5.28. The highest BCUT2D eigenvalue weighted by atomic mass is 16.5.